The van der Waals surface area contributed by atoms with E-state index in [1.54, 1.807) is 7.11 Å². The van der Waals surface area contributed by atoms with Gasteiger partial charge >= 0.3 is 0 Å². The second kappa shape index (κ2) is 4.70. The lowest BCUT2D eigenvalue weighted by Gasteiger charge is -2.34. The topological polar surface area (TPSA) is 50.1 Å². The van der Waals surface area contributed by atoms with Crippen LogP contribution in [0.25, 0.3) is 0 Å². The van der Waals surface area contributed by atoms with Gasteiger partial charge in [0.05, 0.1) is 18.7 Å². The van der Waals surface area contributed by atoms with Crippen LogP contribution in [0.4, 0.5) is 0 Å². The molecular formula is C16H19NO2. The first-order valence-electron chi connectivity index (χ1n) is 6.57. The van der Waals surface area contributed by atoms with E-state index in [1.165, 1.54) is 0 Å². The Kier molecular flexibility index (Phi) is 3.36. The highest BCUT2D eigenvalue weighted by molar-refractivity contribution is 6.06. The maximum Gasteiger partial charge on any atom is 0.187 e. The molecule has 0 radical (unpaired) electrons. The molecule has 0 saturated heterocycles. The quantitative estimate of drug-likeness (QED) is 0.779. The molecule has 3 nitrogen and oxygen atoms in total. The van der Waals surface area contributed by atoms with Gasteiger partial charge in [-0.25, -0.2) is 0 Å². The molecule has 1 aromatic rings. The number of carbonyl (C=O) groups excluding carboxylic acids is 1. The lowest BCUT2D eigenvalue weighted by molar-refractivity contribution is 0.0744. The molecule has 0 N–H and O–H groups in total. The molecule has 0 bridgehead atoms. The van der Waals surface area contributed by atoms with E-state index in [0.29, 0.717) is 24.2 Å². The molecule has 0 heterocycles. The normalized spacial score (nSPS) is 16.4. The Balaban J connectivity index is 2.60. The molecule has 1 fully saturated rings. The Bertz CT molecular complexity index is 577. The van der Waals surface area contributed by atoms with Gasteiger partial charge in [0.1, 0.15) is 11.2 Å². The molecule has 0 amide bonds. The molecule has 2 rings (SSSR count). The van der Waals surface area contributed by atoms with Crippen LogP contribution >= 0.6 is 0 Å². The number of nitrogens with zero attached hydrogens (tertiary/aromatic N) is 1. The SMILES string of the molecule is COc1c(C)c(C)cc(C)c1C(=O)C1(C#N)CCC1. The van der Waals surface area contributed by atoms with Crippen molar-refractivity contribution in [1.82, 2.24) is 0 Å². The molecular weight excluding hydrogens is 238 g/mol. The van der Waals surface area contributed by atoms with E-state index in [4.69, 9.17) is 4.74 Å². The van der Waals surface area contributed by atoms with Crippen LogP contribution in [0.5, 0.6) is 5.75 Å². The summed E-state index contributed by atoms with van der Waals surface area (Å²) >= 11 is 0. The van der Waals surface area contributed by atoms with Crippen molar-refractivity contribution in [2.75, 3.05) is 7.11 Å². The molecule has 0 atom stereocenters. The zero-order valence-electron chi connectivity index (χ0n) is 12.0. The number of carbonyl (C=O) groups is 1. The molecule has 1 saturated carbocycles. The van der Waals surface area contributed by atoms with E-state index in [-0.39, 0.29) is 5.78 Å². The molecule has 0 aromatic heterocycles. The van der Waals surface area contributed by atoms with Gasteiger partial charge in [-0.15, -0.1) is 0 Å². The highest BCUT2D eigenvalue weighted by Crippen LogP contribution is 2.45. The summed E-state index contributed by atoms with van der Waals surface area (Å²) in [5.74, 6) is 0.558. The Hall–Kier alpha value is -1.82. The molecule has 19 heavy (non-hydrogen) atoms. The summed E-state index contributed by atoms with van der Waals surface area (Å²) in [6.45, 7) is 5.86. The lowest BCUT2D eigenvalue weighted by Crippen LogP contribution is -2.37. The van der Waals surface area contributed by atoms with E-state index < -0.39 is 5.41 Å². The predicted molar refractivity (Wildman–Crippen MR) is 73.4 cm³/mol. The third-order valence-corrected chi connectivity index (χ3v) is 4.27. The summed E-state index contributed by atoms with van der Waals surface area (Å²) in [6, 6.07) is 4.22. The van der Waals surface area contributed by atoms with Crippen LogP contribution in [0.2, 0.25) is 0 Å². The molecule has 100 valence electrons. The zero-order chi connectivity index (χ0) is 14.2. The number of methoxy groups -OCH3 is 1. The van der Waals surface area contributed by atoms with E-state index in [2.05, 4.69) is 6.07 Å². The van der Waals surface area contributed by atoms with E-state index in [9.17, 15) is 10.1 Å². The van der Waals surface area contributed by atoms with Crippen LogP contribution in [0, 0.1) is 37.5 Å². The molecule has 0 aliphatic heterocycles. The van der Waals surface area contributed by atoms with E-state index >= 15 is 0 Å². The van der Waals surface area contributed by atoms with Crippen molar-refractivity contribution in [2.45, 2.75) is 40.0 Å². The van der Waals surface area contributed by atoms with Crippen molar-refractivity contribution >= 4 is 5.78 Å². The average Bonchev–Trinajstić information content (AvgIpc) is 2.32. The number of aryl methyl sites for hydroxylation is 2. The molecule has 1 aromatic carbocycles. The minimum Gasteiger partial charge on any atom is -0.496 e. The fourth-order valence-electron chi connectivity index (χ4n) is 2.75. The van der Waals surface area contributed by atoms with Crippen LogP contribution in [-0.4, -0.2) is 12.9 Å². The molecule has 0 spiro atoms. The fraction of sp³-hybridized carbons (Fsp3) is 0.500. The molecule has 1 aliphatic carbocycles. The average molecular weight is 257 g/mol. The number of Topliss-reactive ketones (excluding diaryl/α,β-unsaturated/α-hetero) is 1. The molecule has 1 aliphatic rings. The zero-order valence-corrected chi connectivity index (χ0v) is 12.0. The van der Waals surface area contributed by atoms with Crippen molar-refractivity contribution in [2.24, 2.45) is 5.41 Å². The van der Waals surface area contributed by atoms with Crippen LogP contribution in [0.3, 0.4) is 0 Å². The van der Waals surface area contributed by atoms with Crippen molar-refractivity contribution in [3.05, 3.63) is 28.3 Å². The third kappa shape index (κ3) is 1.92. The molecule has 3 heteroatoms. The van der Waals surface area contributed by atoms with Gasteiger partial charge in [0.25, 0.3) is 0 Å². The van der Waals surface area contributed by atoms with E-state index in [1.807, 2.05) is 26.8 Å². The minimum absolute atomic E-state index is 0.0706. The van der Waals surface area contributed by atoms with Gasteiger partial charge in [-0.2, -0.15) is 5.26 Å². The van der Waals surface area contributed by atoms with Gasteiger partial charge < -0.3 is 4.74 Å². The van der Waals surface area contributed by atoms with Crippen molar-refractivity contribution in [3.63, 3.8) is 0 Å². The second-order valence-electron chi connectivity index (χ2n) is 5.42. The van der Waals surface area contributed by atoms with Crippen LogP contribution in [0.1, 0.15) is 46.3 Å². The number of hydrogen-bond acceptors (Lipinski definition) is 3. The maximum absolute atomic E-state index is 12.7. The van der Waals surface area contributed by atoms with Crippen LogP contribution in [-0.2, 0) is 0 Å². The summed E-state index contributed by atoms with van der Waals surface area (Å²) in [6.07, 6.45) is 2.28. The van der Waals surface area contributed by atoms with Crippen LogP contribution in [0.15, 0.2) is 6.07 Å². The summed E-state index contributed by atoms with van der Waals surface area (Å²) < 4.78 is 5.44. The Morgan fingerprint density at radius 1 is 1.32 bits per heavy atom. The lowest BCUT2D eigenvalue weighted by atomic mass is 9.65. The number of benzene rings is 1. The maximum atomic E-state index is 12.7. The fourth-order valence-corrected chi connectivity index (χ4v) is 2.75. The van der Waals surface area contributed by atoms with Gasteiger partial charge in [-0.1, -0.05) is 6.07 Å². The Labute approximate surface area is 114 Å². The van der Waals surface area contributed by atoms with Gasteiger partial charge in [0, 0.05) is 0 Å². The first-order chi connectivity index (χ1) is 8.96. The highest BCUT2D eigenvalue weighted by atomic mass is 16.5. The smallest absolute Gasteiger partial charge is 0.187 e. The number of ketones is 1. The van der Waals surface area contributed by atoms with Gasteiger partial charge in [-0.3, -0.25) is 4.79 Å². The largest absolute Gasteiger partial charge is 0.496 e. The van der Waals surface area contributed by atoms with Gasteiger partial charge in [0.2, 0.25) is 0 Å². The predicted octanol–water partition coefficient (Wildman–Crippen LogP) is 3.50. The van der Waals surface area contributed by atoms with Gasteiger partial charge in [0.15, 0.2) is 5.78 Å². The summed E-state index contributed by atoms with van der Waals surface area (Å²) in [5, 5.41) is 9.33. The summed E-state index contributed by atoms with van der Waals surface area (Å²) in [7, 11) is 1.58. The Morgan fingerprint density at radius 3 is 2.37 bits per heavy atom. The van der Waals surface area contributed by atoms with Crippen molar-refractivity contribution in [1.29, 1.82) is 5.26 Å². The van der Waals surface area contributed by atoms with Crippen LogP contribution < -0.4 is 4.74 Å². The van der Waals surface area contributed by atoms with E-state index in [0.717, 1.165) is 23.1 Å². The number of rotatable bonds is 3. The number of hydrogen-bond donors (Lipinski definition) is 0. The number of ether oxygens (including phenoxy) is 1. The van der Waals surface area contributed by atoms with Crippen molar-refractivity contribution < 1.29 is 9.53 Å². The first-order valence-corrected chi connectivity index (χ1v) is 6.57. The standard InChI is InChI=1S/C16H19NO2/c1-10-8-11(2)13(14(19-4)12(10)3)15(18)16(9-17)6-5-7-16/h8H,5-7H2,1-4H3. The monoisotopic (exact) mass is 257 g/mol. The third-order valence-electron chi connectivity index (χ3n) is 4.27. The first kappa shape index (κ1) is 13.6. The van der Waals surface area contributed by atoms with Crippen molar-refractivity contribution in [3.8, 4) is 11.8 Å². The van der Waals surface area contributed by atoms with Gasteiger partial charge in [-0.05, 0) is 56.7 Å². The summed E-state index contributed by atoms with van der Waals surface area (Å²) in [4.78, 5) is 12.7. The highest BCUT2D eigenvalue weighted by Gasteiger charge is 2.46. The Morgan fingerprint density at radius 2 is 1.95 bits per heavy atom. The summed E-state index contributed by atoms with van der Waals surface area (Å²) in [5.41, 5.74) is 2.74. The minimum atomic E-state index is -0.820. The molecule has 0 unspecified atom stereocenters. The second-order valence-corrected chi connectivity index (χ2v) is 5.42. The number of nitriles is 1.